The zero-order valence-electron chi connectivity index (χ0n) is 10.1. The van der Waals surface area contributed by atoms with Crippen molar-refractivity contribution in [2.45, 2.75) is 13.3 Å². The van der Waals surface area contributed by atoms with E-state index in [0.29, 0.717) is 0 Å². The number of rotatable bonds is 3. The predicted molar refractivity (Wildman–Crippen MR) is 69.2 cm³/mol. The summed E-state index contributed by atoms with van der Waals surface area (Å²) in [5.74, 6) is 0.905. The Morgan fingerprint density at radius 2 is 2.12 bits per heavy atom. The summed E-state index contributed by atoms with van der Waals surface area (Å²) in [6.07, 6.45) is 2.51. The number of nitrogens with two attached hydrogens (primary N) is 1. The van der Waals surface area contributed by atoms with Gasteiger partial charge in [0.2, 0.25) is 0 Å². The number of methoxy groups -OCH3 is 1. The molecule has 1 heterocycles. The zero-order chi connectivity index (χ0) is 12.3. The van der Waals surface area contributed by atoms with Gasteiger partial charge in [0.15, 0.2) is 0 Å². The molecule has 3 heteroatoms. The number of nitrogens with zero attached hydrogens (tertiary/aromatic N) is 1. The van der Waals surface area contributed by atoms with E-state index >= 15 is 0 Å². The lowest BCUT2D eigenvalue weighted by atomic mass is 10.1. The quantitative estimate of drug-likeness (QED) is 0.878. The normalized spacial score (nSPS) is 10.2. The van der Waals surface area contributed by atoms with Crippen LogP contribution in [0.2, 0.25) is 0 Å². The standard InChI is InChI=1S/C14H16N2O/c1-10-8-11(5-6-14(10)17-2)9-13-12(15)4-3-7-16-13/h3-8H,9,15H2,1-2H3. The molecule has 17 heavy (non-hydrogen) atoms. The third-order valence-corrected chi connectivity index (χ3v) is 2.76. The maximum Gasteiger partial charge on any atom is 0.121 e. The van der Waals surface area contributed by atoms with Crippen molar-refractivity contribution in [3.05, 3.63) is 53.3 Å². The first kappa shape index (κ1) is 11.5. The summed E-state index contributed by atoms with van der Waals surface area (Å²) < 4.78 is 5.23. The van der Waals surface area contributed by atoms with Gasteiger partial charge in [-0.1, -0.05) is 12.1 Å². The van der Waals surface area contributed by atoms with Crippen molar-refractivity contribution in [2.75, 3.05) is 12.8 Å². The lowest BCUT2D eigenvalue weighted by molar-refractivity contribution is 0.411. The molecule has 3 nitrogen and oxygen atoms in total. The Hall–Kier alpha value is -2.03. The smallest absolute Gasteiger partial charge is 0.121 e. The maximum atomic E-state index is 5.88. The fourth-order valence-electron chi connectivity index (χ4n) is 1.84. The molecule has 0 aliphatic heterocycles. The predicted octanol–water partition coefficient (Wildman–Crippen LogP) is 2.57. The molecule has 88 valence electrons. The maximum absolute atomic E-state index is 5.88. The molecule has 2 aromatic rings. The van der Waals surface area contributed by atoms with Crippen molar-refractivity contribution in [3.63, 3.8) is 0 Å². The third kappa shape index (κ3) is 2.56. The third-order valence-electron chi connectivity index (χ3n) is 2.76. The molecule has 0 amide bonds. The van der Waals surface area contributed by atoms with E-state index in [1.165, 1.54) is 5.56 Å². The summed E-state index contributed by atoms with van der Waals surface area (Å²) in [6, 6.07) is 9.84. The minimum Gasteiger partial charge on any atom is -0.496 e. The van der Waals surface area contributed by atoms with Gasteiger partial charge >= 0.3 is 0 Å². The van der Waals surface area contributed by atoms with Crippen LogP contribution in [-0.4, -0.2) is 12.1 Å². The first-order valence-electron chi connectivity index (χ1n) is 5.53. The highest BCUT2D eigenvalue weighted by atomic mass is 16.5. The molecule has 2 N–H and O–H groups in total. The summed E-state index contributed by atoms with van der Waals surface area (Å²) in [5, 5.41) is 0. The van der Waals surface area contributed by atoms with Gasteiger partial charge in [-0.3, -0.25) is 4.98 Å². The van der Waals surface area contributed by atoms with E-state index in [1.54, 1.807) is 13.3 Å². The number of pyridine rings is 1. The van der Waals surface area contributed by atoms with E-state index in [1.807, 2.05) is 31.2 Å². The molecule has 0 aliphatic carbocycles. The Labute approximate surface area is 101 Å². The van der Waals surface area contributed by atoms with Crippen molar-refractivity contribution < 1.29 is 4.74 Å². The summed E-state index contributed by atoms with van der Waals surface area (Å²) in [6.45, 7) is 2.03. The molecule has 0 spiro atoms. The molecular formula is C14H16N2O. The molecular weight excluding hydrogens is 212 g/mol. The number of benzene rings is 1. The van der Waals surface area contributed by atoms with Gasteiger partial charge in [0.1, 0.15) is 5.75 Å². The average molecular weight is 228 g/mol. The van der Waals surface area contributed by atoms with E-state index in [9.17, 15) is 0 Å². The lowest BCUT2D eigenvalue weighted by Crippen LogP contribution is -1.99. The number of anilines is 1. The Bertz CT molecular complexity index is 523. The van der Waals surface area contributed by atoms with Crippen molar-refractivity contribution in [2.24, 2.45) is 0 Å². The fraction of sp³-hybridized carbons (Fsp3) is 0.214. The van der Waals surface area contributed by atoms with Crippen LogP contribution in [0.4, 0.5) is 5.69 Å². The molecule has 0 unspecified atom stereocenters. The van der Waals surface area contributed by atoms with Crippen LogP contribution in [0.1, 0.15) is 16.8 Å². The van der Waals surface area contributed by atoms with Crippen LogP contribution in [-0.2, 0) is 6.42 Å². The van der Waals surface area contributed by atoms with Gasteiger partial charge in [-0.15, -0.1) is 0 Å². The van der Waals surface area contributed by atoms with E-state index in [-0.39, 0.29) is 0 Å². The first-order chi connectivity index (χ1) is 8.20. The monoisotopic (exact) mass is 228 g/mol. The molecule has 1 aromatic carbocycles. The van der Waals surface area contributed by atoms with Crippen LogP contribution >= 0.6 is 0 Å². The van der Waals surface area contributed by atoms with Crippen molar-refractivity contribution in [1.82, 2.24) is 4.98 Å². The van der Waals surface area contributed by atoms with Crippen molar-refractivity contribution in [1.29, 1.82) is 0 Å². The molecule has 0 aliphatic rings. The van der Waals surface area contributed by atoms with Crippen LogP contribution in [0.3, 0.4) is 0 Å². The van der Waals surface area contributed by atoms with Gasteiger partial charge in [0.25, 0.3) is 0 Å². The molecule has 0 fully saturated rings. The second-order valence-corrected chi connectivity index (χ2v) is 4.02. The second-order valence-electron chi connectivity index (χ2n) is 4.02. The molecule has 1 aromatic heterocycles. The Balaban J connectivity index is 2.25. The number of nitrogen functional groups attached to an aromatic ring is 1. The first-order valence-corrected chi connectivity index (χ1v) is 5.53. The number of hydrogen-bond acceptors (Lipinski definition) is 3. The highest BCUT2D eigenvalue weighted by Crippen LogP contribution is 2.21. The van der Waals surface area contributed by atoms with Crippen LogP contribution in [0, 0.1) is 6.92 Å². The summed E-state index contributed by atoms with van der Waals surface area (Å²) in [4.78, 5) is 4.29. The van der Waals surface area contributed by atoms with Crippen molar-refractivity contribution in [3.8, 4) is 5.75 Å². The van der Waals surface area contributed by atoms with Gasteiger partial charge in [-0.05, 0) is 36.2 Å². The summed E-state index contributed by atoms with van der Waals surface area (Å²) in [7, 11) is 1.68. The molecule has 0 saturated heterocycles. The van der Waals surface area contributed by atoms with Crippen molar-refractivity contribution >= 4 is 5.69 Å². The topological polar surface area (TPSA) is 48.1 Å². The Morgan fingerprint density at radius 1 is 1.29 bits per heavy atom. The SMILES string of the molecule is COc1ccc(Cc2ncccc2N)cc1C. The fourth-order valence-corrected chi connectivity index (χ4v) is 1.84. The van der Waals surface area contributed by atoms with E-state index in [2.05, 4.69) is 11.1 Å². The highest BCUT2D eigenvalue weighted by Gasteiger charge is 2.04. The van der Waals surface area contributed by atoms with Crippen LogP contribution in [0.5, 0.6) is 5.75 Å². The van der Waals surface area contributed by atoms with Gasteiger partial charge in [0.05, 0.1) is 18.5 Å². The van der Waals surface area contributed by atoms with Gasteiger partial charge in [0, 0.05) is 12.6 Å². The number of aromatic nitrogens is 1. The van der Waals surface area contributed by atoms with Crippen LogP contribution in [0.15, 0.2) is 36.5 Å². The van der Waals surface area contributed by atoms with E-state index < -0.39 is 0 Å². The van der Waals surface area contributed by atoms with E-state index in [4.69, 9.17) is 10.5 Å². The lowest BCUT2D eigenvalue weighted by Gasteiger charge is -2.08. The number of hydrogen-bond donors (Lipinski definition) is 1. The van der Waals surface area contributed by atoms with Gasteiger partial charge in [-0.25, -0.2) is 0 Å². The Kier molecular flexibility index (Phi) is 3.28. The zero-order valence-corrected chi connectivity index (χ0v) is 10.1. The van der Waals surface area contributed by atoms with Crippen LogP contribution < -0.4 is 10.5 Å². The van der Waals surface area contributed by atoms with E-state index in [0.717, 1.165) is 29.1 Å². The number of ether oxygens (including phenoxy) is 1. The average Bonchev–Trinajstić information content (AvgIpc) is 2.32. The molecule has 2 rings (SSSR count). The summed E-state index contributed by atoms with van der Waals surface area (Å²) in [5.41, 5.74) is 9.84. The largest absolute Gasteiger partial charge is 0.496 e. The summed E-state index contributed by atoms with van der Waals surface area (Å²) >= 11 is 0. The second kappa shape index (κ2) is 4.87. The molecule has 0 bridgehead atoms. The van der Waals surface area contributed by atoms with Crippen LogP contribution in [0.25, 0.3) is 0 Å². The molecule has 0 atom stereocenters. The molecule has 0 radical (unpaired) electrons. The number of aryl methyl sites for hydroxylation is 1. The Morgan fingerprint density at radius 3 is 2.76 bits per heavy atom. The highest BCUT2D eigenvalue weighted by molar-refractivity contribution is 5.45. The van der Waals surface area contributed by atoms with Gasteiger partial charge < -0.3 is 10.5 Å². The molecule has 0 saturated carbocycles. The minimum atomic E-state index is 0.737. The minimum absolute atomic E-state index is 0.737. The van der Waals surface area contributed by atoms with Gasteiger partial charge in [-0.2, -0.15) is 0 Å².